The van der Waals surface area contributed by atoms with Crippen LogP contribution in [0.25, 0.3) is 0 Å². The van der Waals surface area contributed by atoms with Crippen LogP contribution in [-0.4, -0.2) is 5.78 Å². The van der Waals surface area contributed by atoms with Gasteiger partial charge >= 0.3 is 0 Å². The van der Waals surface area contributed by atoms with Gasteiger partial charge in [-0.15, -0.1) is 0 Å². The van der Waals surface area contributed by atoms with Gasteiger partial charge in [0.1, 0.15) is 0 Å². The third kappa shape index (κ3) is 2.96. The molecule has 86 valence electrons. The number of carbonyl (C=O) groups is 1. The van der Waals surface area contributed by atoms with E-state index in [2.05, 4.69) is 38.5 Å². The normalized spacial score (nSPS) is 10.3. The Morgan fingerprint density at radius 2 is 1.76 bits per heavy atom. The first-order chi connectivity index (χ1) is 8.08. The van der Waals surface area contributed by atoms with Crippen LogP contribution in [0.3, 0.4) is 0 Å². The minimum absolute atomic E-state index is 0.0493. The molecule has 0 heterocycles. The van der Waals surface area contributed by atoms with Crippen LogP contribution in [0.5, 0.6) is 0 Å². The molecule has 0 aliphatic rings. The quantitative estimate of drug-likeness (QED) is 0.532. The Morgan fingerprint density at radius 3 is 2.35 bits per heavy atom. The lowest BCUT2D eigenvalue weighted by molar-refractivity contribution is 0.103. The van der Waals surface area contributed by atoms with Crippen molar-refractivity contribution >= 4 is 44.3 Å². The van der Waals surface area contributed by atoms with Gasteiger partial charge in [0.2, 0.25) is 0 Å². The Bertz CT molecular complexity index is 561. The van der Waals surface area contributed by atoms with Crippen molar-refractivity contribution in [3.05, 3.63) is 67.2 Å². The predicted octanol–water partition coefficient (Wildman–Crippen LogP) is 4.59. The maximum Gasteiger partial charge on any atom is 0.194 e. The number of aryl methyl sites for hydroxylation is 1. The molecule has 0 radical (unpaired) electrons. The van der Waals surface area contributed by atoms with Crippen LogP contribution in [-0.2, 0) is 0 Å². The molecule has 0 aliphatic heterocycles. The molecule has 1 nitrogen and oxygen atoms in total. The Kier molecular flexibility index (Phi) is 3.99. The van der Waals surface area contributed by atoms with Crippen molar-refractivity contribution in [1.82, 2.24) is 0 Å². The molecule has 17 heavy (non-hydrogen) atoms. The van der Waals surface area contributed by atoms with Gasteiger partial charge in [0.15, 0.2) is 5.78 Å². The number of carbonyl (C=O) groups excluding carboxylic acids is 1. The van der Waals surface area contributed by atoms with Gasteiger partial charge in [-0.1, -0.05) is 22.0 Å². The average Bonchev–Trinajstić information content (AvgIpc) is 2.29. The second kappa shape index (κ2) is 5.31. The fourth-order valence-electron chi connectivity index (χ4n) is 1.56. The van der Waals surface area contributed by atoms with Crippen LogP contribution in [0.15, 0.2) is 46.9 Å². The van der Waals surface area contributed by atoms with Crippen molar-refractivity contribution in [2.45, 2.75) is 6.92 Å². The molecule has 0 atom stereocenters. The maximum atomic E-state index is 12.3. The van der Waals surface area contributed by atoms with Crippen molar-refractivity contribution in [2.24, 2.45) is 0 Å². The molecule has 2 aromatic rings. The van der Waals surface area contributed by atoms with Gasteiger partial charge in [0.05, 0.1) is 0 Å². The van der Waals surface area contributed by atoms with E-state index in [9.17, 15) is 4.79 Å². The van der Waals surface area contributed by atoms with Gasteiger partial charge in [-0.05, 0) is 71.5 Å². The largest absolute Gasteiger partial charge is 0.289 e. The highest BCUT2D eigenvalue weighted by Gasteiger charge is 2.12. The summed E-state index contributed by atoms with van der Waals surface area (Å²) in [6, 6.07) is 13.4. The number of rotatable bonds is 2. The highest BCUT2D eigenvalue weighted by Crippen LogP contribution is 2.21. The first-order valence-electron chi connectivity index (χ1n) is 5.14. The van der Waals surface area contributed by atoms with E-state index in [4.69, 9.17) is 0 Å². The van der Waals surface area contributed by atoms with Crippen molar-refractivity contribution in [2.75, 3.05) is 0 Å². The zero-order valence-electron chi connectivity index (χ0n) is 9.21. The van der Waals surface area contributed by atoms with Crippen LogP contribution in [0, 0.1) is 10.5 Å². The molecule has 0 spiro atoms. The van der Waals surface area contributed by atoms with Crippen molar-refractivity contribution in [1.29, 1.82) is 0 Å². The lowest BCUT2D eigenvalue weighted by atomic mass is 10.0. The van der Waals surface area contributed by atoms with Crippen molar-refractivity contribution in [3.8, 4) is 0 Å². The first-order valence-corrected chi connectivity index (χ1v) is 7.01. The standard InChI is InChI=1S/C14H10BrIO/c1-9-2-7-12(13(15)8-9)14(17)10-3-5-11(16)6-4-10/h2-8H,1H3. The SMILES string of the molecule is Cc1ccc(C(=O)c2ccc(I)cc2)c(Br)c1. The van der Waals surface area contributed by atoms with Crippen LogP contribution in [0.4, 0.5) is 0 Å². The number of ketones is 1. The van der Waals surface area contributed by atoms with Crippen LogP contribution < -0.4 is 0 Å². The van der Waals surface area contributed by atoms with Gasteiger partial charge < -0.3 is 0 Å². The van der Waals surface area contributed by atoms with Gasteiger partial charge in [-0.2, -0.15) is 0 Å². The smallest absolute Gasteiger partial charge is 0.194 e. The van der Waals surface area contributed by atoms with Crippen LogP contribution in [0.2, 0.25) is 0 Å². The molecule has 0 saturated carbocycles. The minimum atomic E-state index is 0.0493. The Hall–Kier alpha value is -0.680. The summed E-state index contributed by atoms with van der Waals surface area (Å²) in [7, 11) is 0. The third-order valence-corrected chi connectivity index (χ3v) is 3.85. The predicted molar refractivity (Wildman–Crippen MR) is 81.5 cm³/mol. The van der Waals surface area contributed by atoms with Crippen molar-refractivity contribution < 1.29 is 4.79 Å². The van der Waals surface area contributed by atoms with E-state index in [0.29, 0.717) is 5.56 Å². The molecule has 0 amide bonds. The van der Waals surface area contributed by atoms with E-state index in [0.717, 1.165) is 19.2 Å². The first kappa shape index (κ1) is 12.8. The van der Waals surface area contributed by atoms with Crippen LogP contribution >= 0.6 is 38.5 Å². The highest BCUT2D eigenvalue weighted by atomic mass is 127. The Morgan fingerprint density at radius 1 is 1.12 bits per heavy atom. The number of hydrogen-bond donors (Lipinski definition) is 0. The molecule has 0 aliphatic carbocycles. The van der Waals surface area contributed by atoms with E-state index in [1.807, 2.05) is 49.4 Å². The zero-order valence-corrected chi connectivity index (χ0v) is 12.9. The monoisotopic (exact) mass is 400 g/mol. The molecule has 0 aromatic heterocycles. The molecule has 3 heteroatoms. The van der Waals surface area contributed by atoms with E-state index in [1.54, 1.807) is 0 Å². The number of halogens is 2. The van der Waals surface area contributed by atoms with Crippen LogP contribution in [0.1, 0.15) is 21.5 Å². The molecule has 0 N–H and O–H groups in total. The molecule has 0 unspecified atom stereocenters. The van der Waals surface area contributed by atoms with E-state index in [-0.39, 0.29) is 5.78 Å². The molecule has 0 bridgehead atoms. The summed E-state index contributed by atoms with van der Waals surface area (Å²) in [4.78, 5) is 12.3. The minimum Gasteiger partial charge on any atom is -0.289 e. The molecule has 2 aromatic carbocycles. The lowest BCUT2D eigenvalue weighted by Crippen LogP contribution is -2.02. The van der Waals surface area contributed by atoms with E-state index >= 15 is 0 Å². The summed E-state index contributed by atoms with van der Waals surface area (Å²) < 4.78 is 1.98. The third-order valence-electron chi connectivity index (χ3n) is 2.48. The lowest BCUT2D eigenvalue weighted by Gasteiger charge is -2.05. The zero-order chi connectivity index (χ0) is 12.4. The highest BCUT2D eigenvalue weighted by molar-refractivity contribution is 14.1. The van der Waals surface area contributed by atoms with Gasteiger partial charge in [-0.3, -0.25) is 4.79 Å². The molecule has 2 rings (SSSR count). The summed E-state index contributed by atoms with van der Waals surface area (Å²) in [5, 5.41) is 0. The average molecular weight is 401 g/mol. The number of hydrogen-bond acceptors (Lipinski definition) is 1. The van der Waals surface area contributed by atoms with Gasteiger partial charge in [-0.25, -0.2) is 0 Å². The fraction of sp³-hybridized carbons (Fsp3) is 0.0714. The molecular formula is C14H10BrIO. The summed E-state index contributed by atoms with van der Waals surface area (Å²) in [6.45, 7) is 2.00. The summed E-state index contributed by atoms with van der Waals surface area (Å²) in [6.07, 6.45) is 0. The van der Waals surface area contributed by atoms with Crippen molar-refractivity contribution in [3.63, 3.8) is 0 Å². The summed E-state index contributed by atoms with van der Waals surface area (Å²) >= 11 is 5.66. The Balaban J connectivity index is 2.40. The van der Waals surface area contributed by atoms with E-state index in [1.165, 1.54) is 0 Å². The van der Waals surface area contributed by atoms with Gasteiger partial charge in [0.25, 0.3) is 0 Å². The fourth-order valence-corrected chi connectivity index (χ4v) is 2.59. The van der Waals surface area contributed by atoms with E-state index < -0.39 is 0 Å². The maximum absolute atomic E-state index is 12.3. The van der Waals surface area contributed by atoms with Gasteiger partial charge in [0, 0.05) is 19.2 Å². The number of benzene rings is 2. The second-order valence-corrected chi connectivity index (χ2v) is 5.92. The summed E-state index contributed by atoms with van der Waals surface area (Å²) in [5.74, 6) is 0.0493. The Labute approximate surface area is 123 Å². The molecule has 0 saturated heterocycles. The summed E-state index contributed by atoms with van der Waals surface area (Å²) in [5.41, 5.74) is 2.56. The second-order valence-electron chi connectivity index (χ2n) is 3.82. The molecular weight excluding hydrogens is 391 g/mol. The molecule has 0 fully saturated rings. The topological polar surface area (TPSA) is 17.1 Å².